The lowest BCUT2D eigenvalue weighted by atomic mass is 10.1. The Hall–Kier alpha value is -2.53. The van der Waals surface area contributed by atoms with Crippen LogP contribution in [0.2, 0.25) is 0 Å². The van der Waals surface area contributed by atoms with Crippen molar-refractivity contribution in [2.24, 2.45) is 0 Å². The first kappa shape index (κ1) is 16.0. The van der Waals surface area contributed by atoms with Crippen molar-refractivity contribution < 1.29 is 14.3 Å². The van der Waals surface area contributed by atoms with E-state index in [0.29, 0.717) is 19.7 Å². The second kappa shape index (κ2) is 7.15. The predicted molar refractivity (Wildman–Crippen MR) is 96.2 cm³/mol. The number of amides is 1. The molecule has 0 spiro atoms. The molecule has 2 aromatic rings. The molecule has 1 fully saturated rings. The van der Waals surface area contributed by atoms with Crippen LogP contribution in [0.25, 0.3) is 0 Å². The third-order valence-electron chi connectivity index (χ3n) is 4.71. The molecule has 0 radical (unpaired) electrons. The number of rotatable bonds is 2. The summed E-state index contributed by atoms with van der Waals surface area (Å²) in [5.74, 6) is 0.925. The fraction of sp³-hybridized carbons (Fsp3) is 0.350. The van der Waals surface area contributed by atoms with Gasteiger partial charge < -0.3 is 19.3 Å². The molecular weight excluding hydrogens is 316 g/mol. The number of carbonyl (C=O) groups excluding carboxylic acids is 1. The van der Waals surface area contributed by atoms with Crippen molar-refractivity contribution in [3.8, 4) is 5.75 Å². The highest BCUT2D eigenvalue weighted by molar-refractivity contribution is 5.94. The predicted octanol–water partition coefficient (Wildman–Crippen LogP) is 2.56. The fourth-order valence-corrected chi connectivity index (χ4v) is 3.34. The van der Waals surface area contributed by atoms with E-state index in [4.69, 9.17) is 9.47 Å². The average Bonchev–Trinajstić information content (AvgIpc) is 2.90. The molecule has 25 heavy (non-hydrogen) atoms. The van der Waals surface area contributed by atoms with Gasteiger partial charge in [0.05, 0.1) is 19.8 Å². The lowest BCUT2D eigenvalue weighted by Gasteiger charge is -2.29. The van der Waals surface area contributed by atoms with Crippen molar-refractivity contribution in [2.45, 2.75) is 6.54 Å². The molecular formula is C20H22N2O3. The molecule has 1 saturated heterocycles. The molecule has 2 aliphatic heterocycles. The number of hydrogen-bond acceptors (Lipinski definition) is 4. The summed E-state index contributed by atoms with van der Waals surface area (Å²) in [4.78, 5) is 17.0. The van der Waals surface area contributed by atoms with Crippen LogP contribution in [0.4, 0.5) is 5.69 Å². The molecule has 2 aliphatic rings. The third kappa shape index (κ3) is 3.46. The highest BCUT2D eigenvalue weighted by Gasteiger charge is 2.22. The first-order valence-corrected chi connectivity index (χ1v) is 8.74. The molecule has 1 amide bonds. The van der Waals surface area contributed by atoms with Crippen LogP contribution < -0.4 is 9.64 Å². The summed E-state index contributed by atoms with van der Waals surface area (Å²) in [6.07, 6.45) is 0. The number of anilines is 1. The smallest absolute Gasteiger partial charge is 0.254 e. The summed E-state index contributed by atoms with van der Waals surface area (Å²) in [7, 11) is 0. The van der Waals surface area contributed by atoms with Gasteiger partial charge in [0.2, 0.25) is 0 Å². The number of hydrogen-bond donors (Lipinski definition) is 0. The average molecular weight is 338 g/mol. The summed E-state index contributed by atoms with van der Waals surface area (Å²) in [6.45, 7) is 4.98. The fourth-order valence-electron chi connectivity index (χ4n) is 3.34. The Kier molecular flexibility index (Phi) is 4.57. The highest BCUT2D eigenvalue weighted by Crippen LogP contribution is 2.29. The summed E-state index contributed by atoms with van der Waals surface area (Å²) >= 11 is 0. The van der Waals surface area contributed by atoms with E-state index < -0.39 is 0 Å². The zero-order chi connectivity index (χ0) is 17.1. The molecule has 0 unspecified atom stereocenters. The monoisotopic (exact) mass is 338 g/mol. The Morgan fingerprint density at radius 2 is 1.72 bits per heavy atom. The van der Waals surface area contributed by atoms with Crippen molar-refractivity contribution in [2.75, 3.05) is 44.4 Å². The maximum absolute atomic E-state index is 12.8. The van der Waals surface area contributed by atoms with Gasteiger partial charge in [0, 0.05) is 36.4 Å². The topological polar surface area (TPSA) is 42.0 Å². The second-order valence-electron chi connectivity index (χ2n) is 6.33. The zero-order valence-electron chi connectivity index (χ0n) is 14.2. The van der Waals surface area contributed by atoms with Crippen molar-refractivity contribution in [3.05, 3.63) is 59.7 Å². The van der Waals surface area contributed by atoms with Crippen LogP contribution in [-0.4, -0.2) is 50.3 Å². The minimum Gasteiger partial charge on any atom is -0.491 e. The maximum Gasteiger partial charge on any atom is 0.254 e. The van der Waals surface area contributed by atoms with Gasteiger partial charge in [-0.25, -0.2) is 0 Å². The standard InChI is InChI=1S/C20H22N2O3/c23-20(16-4-2-1-3-5-16)22-10-13-25-19-7-6-18(14-17(19)15-22)21-8-11-24-12-9-21/h1-7,14H,8-13,15H2. The Balaban J connectivity index is 1.57. The number of ether oxygens (including phenoxy) is 2. The molecule has 5 nitrogen and oxygen atoms in total. The molecule has 0 aliphatic carbocycles. The molecule has 0 saturated carbocycles. The minimum absolute atomic E-state index is 0.0498. The van der Waals surface area contributed by atoms with Gasteiger partial charge in [-0.05, 0) is 30.3 Å². The van der Waals surface area contributed by atoms with E-state index in [0.717, 1.165) is 43.2 Å². The Morgan fingerprint density at radius 1 is 0.920 bits per heavy atom. The quantitative estimate of drug-likeness (QED) is 0.844. The molecule has 2 aromatic carbocycles. The lowest BCUT2D eigenvalue weighted by molar-refractivity contribution is 0.0733. The van der Waals surface area contributed by atoms with Crippen molar-refractivity contribution in [1.29, 1.82) is 0 Å². The first-order chi connectivity index (χ1) is 12.3. The van der Waals surface area contributed by atoms with Gasteiger partial charge in [-0.15, -0.1) is 0 Å². The van der Waals surface area contributed by atoms with Crippen LogP contribution in [0.5, 0.6) is 5.75 Å². The van der Waals surface area contributed by atoms with Crippen molar-refractivity contribution >= 4 is 11.6 Å². The van der Waals surface area contributed by atoms with Crippen LogP contribution in [0, 0.1) is 0 Å². The number of carbonyl (C=O) groups is 1. The number of morpholine rings is 1. The van der Waals surface area contributed by atoms with Gasteiger partial charge in [0.1, 0.15) is 12.4 Å². The largest absolute Gasteiger partial charge is 0.491 e. The normalized spacial score (nSPS) is 17.4. The summed E-state index contributed by atoms with van der Waals surface area (Å²) < 4.78 is 11.3. The Bertz CT molecular complexity index is 742. The van der Waals surface area contributed by atoms with E-state index in [1.54, 1.807) is 0 Å². The highest BCUT2D eigenvalue weighted by atomic mass is 16.5. The van der Waals surface area contributed by atoms with E-state index in [2.05, 4.69) is 17.0 Å². The van der Waals surface area contributed by atoms with Crippen LogP contribution in [0.15, 0.2) is 48.5 Å². The molecule has 4 rings (SSSR count). The maximum atomic E-state index is 12.8. The van der Waals surface area contributed by atoms with Gasteiger partial charge in [-0.3, -0.25) is 4.79 Å². The van der Waals surface area contributed by atoms with Crippen LogP contribution >= 0.6 is 0 Å². The Morgan fingerprint density at radius 3 is 2.52 bits per heavy atom. The van der Waals surface area contributed by atoms with Crippen LogP contribution in [-0.2, 0) is 11.3 Å². The van der Waals surface area contributed by atoms with E-state index in [1.807, 2.05) is 41.3 Å². The van der Waals surface area contributed by atoms with Crippen molar-refractivity contribution in [3.63, 3.8) is 0 Å². The lowest BCUT2D eigenvalue weighted by Crippen LogP contribution is -2.36. The molecule has 5 heteroatoms. The van der Waals surface area contributed by atoms with E-state index >= 15 is 0 Å². The second-order valence-corrected chi connectivity index (χ2v) is 6.33. The SMILES string of the molecule is O=C(c1ccccc1)N1CCOc2ccc(N3CCOCC3)cc2C1. The number of fused-ring (bicyclic) bond motifs is 1. The van der Waals surface area contributed by atoms with Crippen molar-refractivity contribution in [1.82, 2.24) is 4.90 Å². The summed E-state index contributed by atoms with van der Waals surface area (Å²) in [6, 6.07) is 15.7. The summed E-state index contributed by atoms with van der Waals surface area (Å²) in [5.41, 5.74) is 2.95. The van der Waals surface area contributed by atoms with Crippen LogP contribution in [0.1, 0.15) is 15.9 Å². The molecule has 0 aromatic heterocycles. The van der Waals surface area contributed by atoms with E-state index in [-0.39, 0.29) is 5.91 Å². The molecule has 0 atom stereocenters. The van der Waals surface area contributed by atoms with Gasteiger partial charge >= 0.3 is 0 Å². The van der Waals surface area contributed by atoms with Gasteiger partial charge in [0.25, 0.3) is 5.91 Å². The van der Waals surface area contributed by atoms with Gasteiger partial charge in [-0.2, -0.15) is 0 Å². The first-order valence-electron chi connectivity index (χ1n) is 8.74. The van der Waals surface area contributed by atoms with E-state index in [9.17, 15) is 4.79 Å². The molecule has 0 N–H and O–H groups in total. The van der Waals surface area contributed by atoms with Gasteiger partial charge in [0.15, 0.2) is 0 Å². The van der Waals surface area contributed by atoms with Gasteiger partial charge in [-0.1, -0.05) is 18.2 Å². The molecule has 130 valence electrons. The summed E-state index contributed by atoms with van der Waals surface area (Å²) in [5, 5.41) is 0. The Labute approximate surface area is 147 Å². The zero-order valence-corrected chi connectivity index (χ0v) is 14.2. The number of benzene rings is 2. The number of nitrogens with zero attached hydrogens (tertiary/aromatic N) is 2. The minimum atomic E-state index is 0.0498. The molecule has 2 heterocycles. The van der Waals surface area contributed by atoms with E-state index in [1.165, 1.54) is 5.69 Å². The van der Waals surface area contributed by atoms with Crippen LogP contribution in [0.3, 0.4) is 0 Å². The third-order valence-corrected chi connectivity index (χ3v) is 4.71. The molecule has 0 bridgehead atoms.